The minimum atomic E-state index is -3.01. The minimum Gasteiger partial charge on any atom is -0.356 e. The van der Waals surface area contributed by atoms with Crippen molar-refractivity contribution in [1.29, 1.82) is 0 Å². The first-order chi connectivity index (χ1) is 8.87. The normalized spacial score (nSPS) is 28.3. The highest BCUT2D eigenvalue weighted by molar-refractivity contribution is 7.91. The van der Waals surface area contributed by atoms with Crippen molar-refractivity contribution in [3.63, 3.8) is 0 Å². The quantitative estimate of drug-likeness (QED) is 0.793. The minimum absolute atomic E-state index is 0.102. The van der Waals surface area contributed by atoms with Crippen molar-refractivity contribution in [3.05, 3.63) is 28.2 Å². The Balaban J connectivity index is 1.99. The molecule has 0 aromatic heterocycles. The Hall–Kier alpha value is -0.560. The summed E-state index contributed by atoms with van der Waals surface area (Å²) in [7, 11) is -3.01. The maximum Gasteiger partial charge on any atom is 0.174 e. The molecule has 2 heterocycles. The van der Waals surface area contributed by atoms with Gasteiger partial charge in [0.15, 0.2) is 14.9 Å². The summed E-state index contributed by atoms with van der Waals surface area (Å²) in [6, 6.07) is 4.85. The number of thiocarbonyl (C=S) groups is 1. The Morgan fingerprint density at radius 1 is 1.26 bits per heavy atom. The first-order valence-electron chi connectivity index (χ1n) is 5.62. The first-order valence-corrected chi connectivity index (χ1v) is 8.61. The molecule has 2 saturated heterocycles. The van der Waals surface area contributed by atoms with E-state index in [1.807, 2.05) is 4.90 Å². The van der Waals surface area contributed by atoms with Gasteiger partial charge in [0.25, 0.3) is 0 Å². The van der Waals surface area contributed by atoms with Crippen LogP contribution in [0.1, 0.15) is 0 Å². The van der Waals surface area contributed by atoms with Crippen molar-refractivity contribution in [3.8, 4) is 0 Å². The highest BCUT2D eigenvalue weighted by Crippen LogP contribution is 2.33. The van der Waals surface area contributed by atoms with E-state index in [9.17, 15) is 8.42 Å². The molecule has 102 valence electrons. The molecular formula is C11H10Cl2N2O2S2. The molecule has 2 fully saturated rings. The molecule has 8 heteroatoms. The van der Waals surface area contributed by atoms with E-state index in [2.05, 4.69) is 5.32 Å². The number of nitrogens with one attached hydrogen (secondary N) is 1. The predicted octanol–water partition coefficient (Wildman–Crippen LogP) is 1.85. The smallest absolute Gasteiger partial charge is 0.174 e. The van der Waals surface area contributed by atoms with Gasteiger partial charge in [-0.25, -0.2) is 8.42 Å². The number of benzene rings is 1. The van der Waals surface area contributed by atoms with E-state index in [-0.39, 0.29) is 23.6 Å². The van der Waals surface area contributed by atoms with Gasteiger partial charge in [-0.3, -0.25) is 0 Å². The molecule has 0 unspecified atom stereocenters. The van der Waals surface area contributed by atoms with Gasteiger partial charge in [0, 0.05) is 5.69 Å². The Morgan fingerprint density at radius 2 is 2.00 bits per heavy atom. The van der Waals surface area contributed by atoms with E-state index < -0.39 is 9.84 Å². The Bertz CT molecular complexity index is 663. The summed E-state index contributed by atoms with van der Waals surface area (Å²) in [5, 5.41) is 4.47. The van der Waals surface area contributed by atoms with Crippen molar-refractivity contribution < 1.29 is 8.42 Å². The van der Waals surface area contributed by atoms with Crippen LogP contribution in [0.5, 0.6) is 0 Å². The molecule has 0 radical (unpaired) electrons. The van der Waals surface area contributed by atoms with Crippen molar-refractivity contribution in [2.45, 2.75) is 12.1 Å². The predicted molar refractivity (Wildman–Crippen MR) is 80.9 cm³/mol. The van der Waals surface area contributed by atoms with Gasteiger partial charge in [-0.15, -0.1) is 0 Å². The number of halogens is 2. The van der Waals surface area contributed by atoms with Crippen LogP contribution in [0.15, 0.2) is 18.2 Å². The molecule has 0 saturated carbocycles. The molecular weight excluding hydrogens is 327 g/mol. The van der Waals surface area contributed by atoms with E-state index in [0.717, 1.165) is 5.69 Å². The van der Waals surface area contributed by atoms with Crippen molar-refractivity contribution in [1.82, 2.24) is 5.32 Å². The second-order valence-corrected chi connectivity index (χ2v) is 8.02. The number of nitrogens with zero attached hydrogens (tertiary/aromatic N) is 1. The lowest BCUT2D eigenvalue weighted by molar-refractivity contribution is 0.600. The number of hydrogen-bond acceptors (Lipinski definition) is 3. The van der Waals surface area contributed by atoms with Gasteiger partial charge in [0.1, 0.15) is 0 Å². The highest BCUT2D eigenvalue weighted by Gasteiger charge is 2.47. The molecule has 1 N–H and O–H groups in total. The van der Waals surface area contributed by atoms with Crippen LogP contribution in [0, 0.1) is 0 Å². The molecule has 1 aromatic carbocycles. The Morgan fingerprint density at radius 3 is 2.68 bits per heavy atom. The zero-order chi connectivity index (χ0) is 13.8. The zero-order valence-electron chi connectivity index (χ0n) is 9.64. The summed E-state index contributed by atoms with van der Waals surface area (Å²) in [6.45, 7) is 0. The van der Waals surface area contributed by atoms with Crippen LogP contribution in [0.3, 0.4) is 0 Å². The largest absolute Gasteiger partial charge is 0.356 e. The molecule has 0 amide bonds. The van der Waals surface area contributed by atoms with E-state index in [0.29, 0.717) is 15.2 Å². The molecule has 2 aliphatic rings. The third-order valence-corrected chi connectivity index (χ3v) is 6.13. The van der Waals surface area contributed by atoms with Gasteiger partial charge in [-0.2, -0.15) is 0 Å². The fourth-order valence-corrected chi connectivity index (χ4v) is 5.12. The fraction of sp³-hybridized carbons (Fsp3) is 0.364. The monoisotopic (exact) mass is 336 g/mol. The average molecular weight is 337 g/mol. The summed E-state index contributed by atoms with van der Waals surface area (Å²) in [5.74, 6) is 0.223. The van der Waals surface area contributed by atoms with Crippen LogP contribution in [-0.4, -0.2) is 37.1 Å². The molecule has 2 aliphatic heterocycles. The second kappa shape index (κ2) is 4.48. The summed E-state index contributed by atoms with van der Waals surface area (Å²) in [5.41, 5.74) is 0.761. The lowest BCUT2D eigenvalue weighted by Crippen LogP contribution is -2.36. The van der Waals surface area contributed by atoms with Crippen molar-refractivity contribution in [2.75, 3.05) is 16.4 Å². The summed E-state index contributed by atoms with van der Waals surface area (Å²) < 4.78 is 23.4. The van der Waals surface area contributed by atoms with Gasteiger partial charge in [-0.1, -0.05) is 23.2 Å². The maximum absolute atomic E-state index is 11.7. The molecule has 4 nitrogen and oxygen atoms in total. The highest BCUT2D eigenvalue weighted by atomic mass is 35.5. The van der Waals surface area contributed by atoms with Crippen molar-refractivity contribution >= 4 is 56.1 Å². The van der Waals surface area contributed by atoms with Crippen LogP contribution in [0.2, 0.25) is 10.0 Å². The standard InChI is InChI=1S/C11H10Cl2N2O2S2/c12-7-2-1-6(3-8(7)13)15-10-5-19(16,17)4-9(10)14-11(15)18/h1-3,9-10H,4-5H2,(H,14,18)/t9-,10+/m1/s1. The van der Waals surface area contributed by atoms with Crippen LogP contribution >= 0.6 is 35.4 Å². The summed E-state index contributed by atoms with van der Waals surface area (Å²) in [6.07, 6.45) is 0. The average Bonchev–Trinajstić information content (AvgIpc) is 2.73. The summed E-state index contributed by atoms with van der Waals surface area (Å²) in [4.78, 5) is 1.81. The molecule has 0 aliphatic carbocycles. The van der Waals surface area contributed by atoms with Gasteiger partial charge in [0.05, 0.1) is 33.6 Å². The zero-order valence-corrected chi connectivity index (χ0v) is 12.8. The molecule has 3 rings (SSSR count). The van der Waals surface area contributed by atoms with Crippen LogP contribution in [0.4, 0.5) is 5.69 Å². The molecule has 1 aromatic rings. The number of hydrogen-bond donors (Lipinski definition) is 1. The first kappa shape index (κ1) is 13.4. The Kier molecular flexibility index (Phi) is 3.16. The van der Waals surface area contributed by atoms with Gasteiger partial charge in [-0.05, 0) is 30.4 Å². The van der Waals surface area contributed by atoms with Crippen molar-refractivity contribution in [2.24, 2.45) is 0 Å². The molecule has 0 bridgehead atoms. The molecule has 2 atom stereocenters. The number of rotatable bonds is 1. The van der Waals surface area contributed by atoms with Gasteiger partial charge >= 0.3 is 0 Å². The van der Waals surface area contributed by atoms with E-state index in [1.54, 1.807) is 18.2 Å². The lowest BCUT2D eigenvalue weighted by atomic mass is 10.1. The van der Waals surface area contributed by atoms with E-state index in [4.69, 9.17) is 35.4 Å². The van der Waals surface area contributed by atoms with E-state index in [1.165, 1.54) is 0 Å². The third kappa shape index (κ3) is 2.31. The molecule has 19 heavy (non-hydrogen) atoms. The fourth-order valence-electron chi connectivity index (χ4n) is 2.54. The second-order valence-electron chi connectivity index (χ2n) is 4.67. The maximum atomic E-state index is 11.7. The van der Waals surface area contributed by atoms with Crippen LogP contribution in [0.25, 0.3) is 0 Å². The van der Waals surface area contributed by atoms with Crippen LogP contribution in [-0.2, 0) is 9.84 Å². The lowest BCUT2D eigenvalue weighted by Gasteiger charge is -2.23. The number of fused-ring (bicyclic) bond motifs is 1. The number of anilines is 1. The summed E-state index contributed by atoms with van der Waals surface area (Å²) >= 11 is 17.2. The Labute approximate surface area is 126 Å². The SMILES string of the molecule is O=S1(=O)C[C@H]2NC(=S)N(c3ccc(Cl)c(Cl)c3)[C@H]2C1. The topological polar surface area (TPSA) is 49.4 Å². The van der Waals surface area contributed by atoms with E-state index >= 15 is 0 Å². The third-order valence-electron chi connectivity index (χ3n) is 3.36. The molecule has 0 spiro atoms. The van der Waals surface area contributed by atoms with Gasteiger partial charge in [0.2, 0.25) is 0 Å². The number of sulfone groups is 1. The van der Waals surface area contributed by atoms with Crippen LogP contribution < -0.4 is 10.2 Å². The van der Waals surface area contributed by atoms with Gasteiger partial charge < -0.3 is 10.2 Å².